The highest BCUT2D eigenvalue weighted by Crippen LogP contribution is 2.42. The summed E-state index contributed by atoms with van der Waals surface area (Å²) in [6.07, 6.45) is 0. The molecule has 144 valence electrons. The predicted octanol–water partition coefficient (Wildman–Crippen LogP) is 1.67. The Kier molecular flexibility index (Phi) is 4.18. The largest absolute Gasteiger partial charge is 0.359 e. The molecule has 0 saturated carbocycles. The van der Waals surface area contributed by atoms with Crippen molar-refractivity contribution < 1.29 is 13.6 Å². The Balaban J connectivity index is 2.18. The van der Waals surface area contributed by atoms with Crippen molar-refractivity contribution in [3.63, 3.8) is 0 Å². The maximum Gasteiger partial charge on any atom is 0.359 e. The van der Waals surface area contributed by atoms with E-state index in [-0.39, 0.29) is 39.9 Å². The van der Waals surface area contributed by atoms with Gasteiger partial charge >= 0.3 is 5.69 Å². The second-order valence-electron chi connectivity index (χ2n) is 7.18. The molecule has 1 aromatic heterocycles. The van der Waals surface area contributed by atoms with Crippen LogP contribution in [0.3, 0.4) is 0 Å². The Labute approximate surface area is 168 Å². The van der Waals surface area contributed by atoms with E-state index in [1.165, 1.54) is 18.9 Å². The summed E-state index contributed by atoms with van der Waals surface area (Å²) in [5, 5.41) is 0.153. The van der Waals surface area contributed by atoms with Gasteiger partial charge in [0.15, 0.2) is 11.6 Å². The number of likely N-dealkylation sites (N-methyl/N-ethyl adjacent to an activating group) is 2. The summed E-state index contributed by atoms with van der Waals surface area (Å²) in [5.74, 6) is -1.78. The number of nitrogens with zero attached hydrogens (tertiary/aromatic N) is 5. The van der Waals surface area contributed by atoms with Crippen molar-refractivity contribution in [3.8, 4) is 0 Å². The summed E-state index contributed by atoms with van der Waals surface area (Å²) in [6, 6.07) is -0.550. The molecule has 7 nitrogen and oxygen atoms in total. The van der Waals surface area contributed by atoms with Crippen LogP contribution < -0.4 is 15.5 Å². The highest BCUT2D eigenvalue weighted by molar-refractivity contribution is 14.1. The van der Waals surface area contributed by atoms with E-state index in [2.05, 4.69) is 4.98 Å². The zero-order valence-corrected chi connectivity index (χ0v) is 17.4. The van der Waals surface area contributed by atoms with Gasteiger partial charge in [-0.05, 0) is 20.9 Å². The highest BCUT2D eigenvalue weighted by Gasteiger charge is 2.43. The predicted molar refractivity (Wildman–Crippen MR) is 107 cm³/mol. The molecule has 27 heavy (non-hydrogen) atoms. The van der Waals surface area contributed by atoms with Crippen LogP contribution in [0.5, 0.6) is 0 Å². The number of halogens is 3. The summed E-state index contributed by atoms with van der Waals surface area (Å²) in [7, 11) is 3.38. The van der Waals surface area contributed by atoms with Gasteiger partial charge in [-0.2, -0.15) is 4.98 Å². The molecule has 2 atom stereocenters. The average molecular weight is 489 g/mol. The number of rotatable bonds is 0. The highest BCUT2D eigenvalue weighted by atomic mass is 127. The molecule has 1 fully saturated rings. The number of carbonyl (C=O) groups is 1. The number of carbonyl (C=O) groups excluding carboxylic acids is 1. The van der Waals surface area contributed by atoms with Gasteiger partial charge in [-0.1, -0.05) is 0 Å². The van der Waals surface area contributed by atoms with Crippen LogP contribution in [-0.2, 0) is 4.79 Å². The topological polar surface area (TPSA) is 61.7 Å². The summed E-state index contributed by atoms with van der Waals surface area (Å²) in [5.41, 5.74) is -0.973. The molecule has 0 N–H and O–H groups in total. The van der Waals surface area contributed by atoms with Gasteiger partial charge in [0.05, 0.1) is 33.9 Å². The minimum atomic E-state index is -0.817. The zero-order valence-electron chi connectivity index (χ0n) is 15.3. The first kappa shape index (κ1) is 18.5. The van der Waals surface area contributed by atoms with E-state index in [0.717, 1.165) is 2.78 Å². The van der Waals surface area contributed by atoms with E-state index in [4.69, 9.17) is 0 Å². The van der Waals surface area contributed by atoms with Gasteiger partial charge in [0, 0.05) is 31.7 Å². The van der Waals surface area contributed by atoms with E-state index in [0.29, 0.717) is 13.1 Å². The van der Waals surface area contributed by atoms with Crippen LogP contribution in [0.15, 0.2) is 4.79 Å². The van der Waals surface area contributed by atoms with Gasteiger partial charge in [0.1, 0.15) is 17.4 Å². The van der Waals surface area contributed by atoms with Gasteiger partial charge in [-0.3, -0.25) is 9.69 Å². The lowest BCUT2D eigenvalue weighted by molar-refractivity contribution is -0.120. The summed E-state index contributed by atoms with van der Waals surface area (Å²) in [4.78, 5) is 34.7. The first-order valence-electron chi connectivity index (χ1n) is 8.50. The van der Waals surface area contributed by atoms with Crippen molar-refractivity contribution in [2.75, 3.05) is 37.0 Å². The van der Waals surface area contributed by atoms with E-state index >= 15 is 4.39 Å². The number of piperazine rings is 1. The van der Waals surface area contributed by atoms with Crippen LogP contribution in [0.2, 0.25) is 0 Å². The molecular formula is C17H18F2IN5O2. The van der Waals surface area contributed by atoms with Gasteiger partial charge in [-0.25, -0.2) is 16.4 Å². The molecule has 2 unspecified atom stereocenters. The van der Waals surface area contributed by atoms with Crippen molar-refractivity contribution in [3.05, 3.63) is 27.7 Å². The molecule has 2 aromatic rings. The van der Waals surface area contributed by atoms with Crippen LogP contribution in [0.4, 0.5) is 20.3 Å². The monoisotopic (exact) mass is 489 g/mol. The summed E-state index contributed by atoms with van der Waals surface area (Å²) in [6.45, 7) is 4.11. The quantitative estimate of drug-likeness (QED) is 0.528. The fourth-order valence-electron chi connectivity index (χ4n) is 3.87. The molecule has 2 aliphatic heterocycles. The van der Waals surface area contributed by atoms with Crippen molar-refractivity contribution in [1.29, 1.82) is 0 Å². The number of hydrogen-bond donors (Lipinski definition) is 0. The summed E-state index contributed by atoms with van der Waals surface area (Å²) >= 11 is 1.66. The van der Waals surface area contributed by atoms with Gasteiger partial charge in [-0.15, -0.1) is 0 Å². The zero-order chi connectivity index (χ0) is 19.8. The fraction of sp³-hybridized carbons (Fsp3) is 0.471. The fourth-order valence-corrected chi connectivity index (χ4v) is 4.43. The Bertz CT molecular complexity index is 1060. The molecule has 10 heteroatoms. The smallest absolute Gasteiger partial charge is 0.341 e. The lowest BCUT2D eigenvalue weighted by Gasteiger charge is -2.43. The molecule has 0 spiro atoms. The Morgan fingerprint density at radius 1 is 1.15 bits per heavy atom. The second-order valence-corrected chi connectivity index (χ2v) is 8.14. The van der Waals surface area contributed by atoms with Crippen LogP contribution in [0.1, 0.15) is 12.5 Å². The number of hydrogen-bond acceptors (Lipinski definition) is 5. The maximum atomic E-state index is 15.1. The van der Waals surface area contributed by atoms with Gasteiger partial charge in [0.25, 0.3) is 5.91 Å². The average Bonchev–Trinajstić information content (AvgIpc) is 2.70. The number of fused-ring (bicyclic) bond motifs is 2. The molecule has 0 aliphatic carbocycles. The van der Waals surface area contributed by atoms with Crippen molar-refractivity contribution in [2.24, 2.45) is 0 Å². The first-order valence-corrected chi connectivity index (χ1v) is 9.46. The van der Waals surface area contributed by atoms with Crippen molar-refractivity contribution >= 4 is 51.2 Å². The lowest BCUT2D eigenvalue weighted by atomic mass is 10.1. The Morgan fingerprint density at radius 2 is 1.81 bits per heavy atom. The van der Waals surface area contributed by atoms with Gasteiger partial charge in [0.2, 0.25) is 0 Å². The Hall–Kier alpha value is -1.82. The molecule has 1 amide bonds. The minimum absolute atomic E-state index is 0.0356. The van der Waals surface area contributed by atoms with E-state index in [1.807, 2.05) is 18.9 Å². The molecule has 2 aliphatic rings. The van der Waals surface area contributed by atoms with Crippen LogP contribution in [-0.4, -0.2) is 57.8 Å². The molecule has 0 bridgehead atoms. The Morgan fingerprint density at radius 3 is 2.48 bits per heavy atom. The third-order valence-corrected chi connectivity index (χ3v) is 6.51. The molecule has 3 heterocycles. The maximum absolute atomic E-state index is 15.1. The molecule has 0 radical (unpaired) electrons. The molecular weight excluding hydrogens is 471 g/mol. The van der Waals surface area contributed by atoms with E-state index < -0.39 is 23.4 Å². The van der Waals surface area contributed by atoms with Crippen LogP contribution in [0, 0.1) is 18.6 Å². The van der Waals surface area contributed by atoms with E-state index in [1.54, 1.807) is 27.8 Å². The van der Waals surface area contributed by atoms with E-state index in [9.17, 15) is 14.0 Å². The number of benzene rings is 1. The first-order chi connectivity index (χ1) is 12.6. The number of amides is 1. The number of aromatic nitrogens is 2. The molecule has 1 aromatic carbocycles. The second kappa shape index (κ2) is 6.09. The van der Waals surface area contributed by atoms with Crippen LogP contribution >= 0.6 is 22.9 Å². The van der Waals surface area contributed by atoms with Crippen molar-refractivity contribution in [1.82, 2.24) is 12.7 Å². The van der Waals surface area contributed by atoms with Crippen molar-refractivity contribution in [2.45, 2.75) is 25.9 Å². The SMILES string of the molecule is Cc1c(F)c2c3c(nc(=O)n(I)c3c1F)N1CC(C)N(C)CC1C(=O)N2C. The third-order valence-electron chi connectivity index (χ3n) is 5.61. The summed E-state index contributed by atoms with van der Waals surface area (Å²) < 4.78 is 31.1. The number of anilines is 2. The lowest BCUT2D eigenvalue weighted by Crippen LogP contribution is -2.61. The third kappa shape index (κ3) is 2.42. The van der Waals surface area contributed by atoms with Crippen LogP contribution in [0.25, 0.3) is 10.9 Å². The minimum Gasteiger partial charge on any atom is -0.341 e. The normalized spacial score (nSPS) is 23.0. The molecule has 4 rings (SSSR count). The van der Waals surface area contributed by atoms with Gasteiger partial charge < -0.3 is 9.80 Å². The standard InChI is InChI=1S/C17H18F2IN5O2/c1-7-5-24-9(6-22(7)3)16(26)23(4)13-10-14(12(19)8(2)11(13)18)25(20)17(27)21-15(10)24/h7,9H,5-6H2,1-4H3. The molecule has 1 saturated heterocycles.